The Balaban J connectivity index is 1.80. The Morgan fingerprint density at radius 3 is 1.34 bits per heavy atom. The van der Waals surface area contributed by atoms with Crippen LogP contribution in [-0.4, -0.2) is 0 Å². The molecule has 4 aromatic carbocycles. The molecule has 4 rings (SSSR count). The Morgan fingerprint density at radius 1 is 0.594 bits per heavy atom. The molecule has 0 aliphatic rings. The third-order valence-electron chi connectivity index (χ3n) is 5.02. The van der Waals surface area contributed by atoms with Crippen molar-refractivity contribution in [1.82, 2.24) is 0 Å². The predicted octanol–water partition coefficient (Wildman–Crippen LogP) is 6.83. The summed E-state index contributed by atoms with van der Waals surface area (Å²) in [6.45, 7) is 2.22. The van der Waals surface area contributed by atoms with Crippen LogP contribution >= 0.6 is 16.1 Å². The lowest BCUT2D eigenvalue weighted by atomic mass is 10.3. The van der Waals surface area contributed by atoms with Crippen LogP contribution in [0, 0.1) is 0 Å². The number of hydrogen-bond donors (Lipinski definition) is 0. The second-order valence-corrected chi connectivity index (χ2v) is 11.3. The molecule has 0 bridgehead atoms. The first-order valence-electron chi connectivity index (χ1n) is 11.1. The monoisotopic (exact) mass is 454 g/mol. The SMILES string of the molecule is CCC/C=C(/OP(c1ccccc1)c1ccccc1)P(c1ccccc1)c1ccccc1. The predicted molar refractivity (Wildman–Crippen MR) is 142 cm³/mol. The van der Waals surface area contributed by atoms with Gasteiger partial charge in [0.15, 0.2) is 8.15 Å². The van der Waals surface area contributed by atoms with Gasteiger partial charge >= 0.3 is 0 Å². The molecule has 0 saturated carbocycles. The topological polar surface area (TPSA) is 9.23 Å². The van der Waals surface area contributed by atoms with E-state index in [1.54, 1.807) is 0 Å². The first-order chi connectivity index (χ1) is 15.9. The summed E-state index contributed by atoms with van der Waals surface area (Å²) in [5, 5.41) is 5.08. The van der Waals surface area contributed by atoms with E-state index in [-0.39, 0.29) is 0 Å². The first kappa shape index (κ1) is 22.5. The number of benzene rings is 4. The maximum absolute atomic E-state index is 7.05. The van der Waals surface area contributed by atoms with Crippen molar-refractivity contribution in [1.29, 1.82) is 0 Å². The zero-order valence-electron chi connectivity index (χ0n) is 18.3. The Bertz CT molecular complexity index is 1020. The second kappa shape index (κ2) is 11.8. The first-order valence-corrected chi connectivity index (χ1v) is 13.7. The summed E-state index contributed by atoms with van der Waals surface area (Å²) >= 11 is 0. The lowest BCUT2D eigenvalue weighted by Crippen LogP contribution is -2.17. The van der Waals surface area contributed by atoms with E-state index < -0.39 is 16.1 Å². The molecule has 0 fully saturated rings. The van der Waals surface area contributed by atoms with Crippen molar-refractivity contribution in [3.63, 3.8) is 0 Å². The lowest BCUT2D eigenvalue weighted by Gasteiger charge is -2.27. The Hall–Kier alpha value is -2.72. The van der Waals surface area contributed by atoms with Crippen LogP contribution in [0.1, 0.15) is 19.8 Å². The van der Waals surface area contributed by atoms with Crippen molar-refractivity contribution in [2.45, 2.75) is 19.8 Å². The molecule has 32 heavy (non-hydrogen) atoms. The van der Waals surface area contributed by atoms with Crippen LogP contribution in [0.2, 0.25) is 0 Å². The summed E-state index contributed by atoms with van der Waals surface area (Å²) in [7, 11) is -1.76. The lowest BCUT2D eigenvalue weighted by molar-refractivity contribution is 0.525. The fourth-order valence-corrected chi connectivity index (χ4v) is 7.76. The van der Waals surface area contributed by atoms with Gasteiger partial charge in [-0.05, 0) is 23.1 Å². The van der Waals surface area contributed by atoms with Crippen molar-refractivity contribution < 1.29 is 4.52 Å². The quantitative estimate of drug-likeness (QED) is 0.199. The Morgan fingerprint density at radius 2 is 0.969 bits per heavy atom. The van der Waals surface area contributed by atoms with Crippen LogP contribution < -0.4 is 21.2 Å². The Labute approximate surface area is 194 Å². The van der Waals surface area contributed by atoms with Crippen LogP contribution in [-0.2, 0) is 4.52 Å². The fraction of sp³-hybridized carbons (Fsp3) is 0.103. The summed E-state index contributed by atoms with van der Waals surface area (Å²) in [4.78, 5) is 0. The van der Waals surface area contributed by atoms with Gasteiger partial charge in [0, 0.05) is 18.5 Å². The molecule has 0 aromatic heterocycles. The molecule has 4 aromatic rings. The van der Waals surface area contributed by atoms with E-state index in [1.807, 2.05) is 0 Å². The average Bonchev–Trinajstić information content (AvgIpc) is 2.88. The van der Waals surface area contributed by atoms with Gasteiger partial charge in [-0.25, -0.2) is 0 Å². The molecular formula is C29H28OP2. The maximum atomic E-state index is 7.05. The van der Waals surface area contributed by atoms with Crippen LogP contribution in [0.25, 0.3) is 0 Å². The largest absolute Gasteiger partial charge is 0.464 e. The molecule has 0 aliphatic heterocycles. The zero-order chi connectivity index (χ0) is 22.0. The summed E-state index contributed by atoms with van der Waals surface area (Å²) in [5.41, 5.74) is 1.10. The van der Waals surface area contributed by atoms with Gasteiger partial charge in [0.05, 0.1) is 0 Å². The van der Waals surface area contributed by atoms with Gasteiger partial charge < -0.3 is 4.52 Å². The molecule has 0 spiro atoms. The summed E-state index contributed by atoms with van der Waals surface area (Å²) < 4.78 is 7.05. The molecule has 0 N–H and O–H groups in total. The van der Waals surface area contributed by atoms with E-state index in [0.29, 0.717) is 0 Å². The molecule has 0 amide bonds. The van der Waals surface area contributed by atoms with Gasteiger partial charge in [0.1, 0.15) is 5.50 Å². The third-order valence-corrected chi connectivity index (χ3v) is 9.42. The number of rotatable bonds is 9. The van der Waals surface area contributed by atoms with Crippen LogP contribution in [0.15, 0.2) is 133 Å². The second-order valence-electron chi connectivity index (χ2n) is 7.39. The van der Waals surface area contributed by atoms with Crippen molar-refractivity contribution in [3.05, 3.63) is 133 Å². The highest BCUT2D eigenvalue weighted by Crippen LogP contribution is 2.50. The van der Waals surface area contributed by atoms with Crippen molar-refractivity contribution >= 4 is 37.3 Å². The summed E-state index contributed by atoms with van der Waals surface area (Å²) in [6, 6.07) is 42.9. The summed E-state index contributed by atoms with van der Waals surface area (Å²) in [6.07, 6.45) is 4.42. The molecule has 0 saturated heterocycles. The molecule has 0 atom stereocenters. The van der Waals surface area contributed by atoms with Crippen LogP contribution in [0.4, 0.5) is 0 Å². The molecule has 1 nitrogen and oxygen atoms in total. The molecule has 0 radical (unpaired) electrons. The number of allylic oxidation sites excluding steroid dienone is 1. The molecular weight excluding hydrogens is 426 g/mol. The van der Waals surface area contributed by atoms with Crippen molar-refractivity contribution in [2.75, 3.05) is 0 Å². The Kier molecular flexibility index (Phi) is 8.27. The smallest absolute Gasteiger partial charge is 0.150 e. The van der Waals surface area contributed by atoms with E-state index in [1.165, 1.54) is 21.2 Å². The molecule has 0 heterocycles. The van der Waals surface area contributed by atoms with Crippen molar-refractivity contribution in [3.8, 4) is 0 Å². The highest BCUT2D eigenvalue weighted by Gasteiger charge is 2.25. The van der Waals surface area contributed by atoms with E-state index in [0.717, 1.165) is 18.3 Å². The third kappa shape index (κ3) is 5.74. The highest BCUT2D eigenvalue weighted by atomic mass is 31.1. The number of hydrogen-bond acceptors (Lipinski definition) is 1. The average molecular weight is 454 g/mol. The molecule has 0 aliphatic carbocycles. The molecule has 0 unspecified atom stereocenters. The minimum absolute atomic E-state index is 0.784. The van der Waals surface area contributed by atoms with Gasteiger partial charge in [-0.3, -0.25) is 0 Å². The standard InChI is InChI=1S/C29H28OP2/c1-2-3-24-29(31(25-16-8-4-9-17-25)26-18-10-5-11-19-26)30-32(27-20-12-6-13-21-27)28-22-14-7-15-23-28/h4-24H,2-3H2,1H3/b29-24-. The van der Waals surface area contributed by atoms with Crippen LogP contribution in [0.5, 0.6) is 0 Å². The van der Waals surface area contributed by atoms with Gasteiger partial charge in [-0.15, -0.1) is 0 Å². The molecule has 160 valence electrons. The van der Waals surface area contributed by atoms with Gasteiger partial charge in [0.2, 0.25) is 0 Å². The van der Waals surface area contributed by atoms with E-state index in [2.05, 4.69) is 134 Å². The van der Waals surface area contributed by atoms with Gasteiger partial charge in [-0.1, -0.05) is 135 Å². The number of unbranched alkanes of at least 4 members (excludes halogenated alkanes) is 1. The van der Waals surface area contributed by atoms with E-state index >= 15 is 0 Å². The minimum atomic E-state index is -0.972. The van der Waals surface area contributed by atoms with Gasteiger partial charge in [-0.2, -0.15) is 0 Å². The maximum Gasteiger partial charge on any atom is 0.150 e. The highest BCUT2D eigenvalue weighted by molar-refractivity contribution is 7.77. The van der Waals surface area contributed by atoms with Crippen molar-refractivity contribution in [2.24, 2.45) is 0 Å². The summed E-state index contributed by atoms with van der Waals surface area (Å²) in [5.74, 6) is 0. The zero-order valence-corrected chi connectivity index (χ0v) is 20.1. The van der Waals surface area contributed by atoms with Crippen LogP contribution in [0.3, 0.4) is 0 Å². The fourth-order valence-electron chi connectivity index (χ4n) is 3.47. The molecule has 3 heteroatoms. The van der Waals surface area contributed by atoms with Gasteiger partial charge in [0.25, 0.3) is 0 Å². The minimum Gasteiger partial charge on any atom is -0.464 e. The van der Waals surface area contributed by atoms with E-state index in [9.17, 15) is 0 Å². The van der Waals surface area contributed by atoms with E-state index in [4.69, 9.17) is 4.52 Å². The normalized spacial score (nSPS) is 11.7.